The summed E-state index contributed by atoms with van der Waals surface area (Å²) in [4.78, 5) is 19.1. The number of piperidine rings is 1. The minimum atomic E-state index is -2.99. The van der Waals surface area contributed by atoms with Gasteiger partial charge in [-0.15, -0.1) is 24.0 Å². The maximum atomic E-state index is 12.1. The molecule has 1 amide bonds. The Hall–Kier alpha value is -1.40. The lowest BCUT2D eigenvalue weighted by Gasteiger charge is -2.33. The highest BCUT2D eigenvalue weighted by Crippen LogP contribution is 2.14. The molecule has 3 rings (SSSR count). The Bertz CT molecular complexity index is 842. The van der Waals surface area contributed by atoms with Gasteiger partial charge in [0.25, 0.3) is 0 Å². The summed E-state index contributed by atoms with van der Waals surface area (Å²) in [5, 5.41) is 9.57. The van der Waals surface area contributed by atoms with Crippen LogP contribution in [0.5, 0.6) is 0 Å². The topological polar surface area (TPSA) is 103 Å². The summed E-state index contributed by atoms with van der Waals surface area (Å²) >= 11 is 0. The zero-order valence-corrected chi connectivity index (χ0v) is 21.9. The van der Waals surface area contributed by atoms with Crippen LogP contribution in [0.2, 0.25) is 0 Å². The van der Waals surface area contributed by atoms with Gasteiger partial charge in [-0.3, -0.25) is 14.7 Å². The van der Waals surface area contributed by atoms with Crippen molar-refractivity contribution in [2.24, 2.45) is 4.99 Å². The van der Waals surface area contributed by atoms with E-state index in [-0.39, 0.29) is 53.9 Å². The molecule has 2 aliphatic heterocycles. The Labute approximate surface area is 208 Å². The second-order valence-electron chi connectivity index (χ2n) is 8.36. The highest BCUT2D eigenvalue weighted by molar-refractivity contribution is 14.0. The quantitative estimate of drug-likeness (QED) is 0.246. The van der Waals surface area contributed by atoms with Gasteiger partial charge < -0.3 is 16.0 Å². The van der Waals surface area contributed by atoms with Crippen LogP contribution in [0.3, 0.4) is 0 Å². The maximum Gasteiger partial charge on any atom is 0.222 e. The van der Waals surface area contributed by atoms with Crippen LogP contribution in [-0.4, -0.2) is 75.0 Å². The van der Waals surface area contributed by atoms with Gasteiger partial charge in [0, 0.05) is 44.7 Å². The molecular weight excluding hydrogens is 541 g/mol. The van der Waals surface area contributed by atoms with Crippen LogP contribution in [0.25, 0.3) is 0 Å². The Morgan fingerprint density at radius 1 is 1.09 bits per heavy atom. The minimum Gasteiger partial charge on any atom is -0.357 e. The summed E-state index contributed by atoms with van der Waals surface area (Å²) < 4.78 is 23.0. The number of guanidine groups is 1. The van der Waals surface area contributed by atoms with Crippen LogP contribution in [0.15, 0.2) is 35.3 Å². The zero-order valence-electron chi connectivity index (χ0n) is 18.8. The van der Waals surface area contributed by atoms with Gasteiger partial charge in [-0.05, 0) is 31.7 Å². The van der Waals surface area contributed by atoms with Crippen LogP contribution in [-0.2, 0) is 21.2 Å². The first-order chi connectivity index (χ1) is 14.9. The molecule has 1 aromatic carbocycles. The van der Waals surface area contributed by atoms with Gasteiger partial charge in [-0.25, -0.2) is 8.42 Å². The number of nitrogens with zero attached hydrogens (tertiary/aromatic N) is 2. The number of likely N-dealkylation sites (tertiary alicyclic amines) is 1. The number of nitrogens with one attached hydrogen (secondary N) is 3. The van der Waals surface area contributed by atoms with Crippen molar-refractivity contribution in [2.45, 2.75) is 51.2 Å². The van der Waals surface area contributed by atoms with Gasteiger partial charge >= 0.3 is 0 Å². The van der Waals surface area contributed by atoms with Crippen LogP contribution >= 0.6 is 24.0 Å². The van der Waals surface area contributed by atoms with Gasteiger partial charge in [0.05, 0.1) is 18.1 Å². The third kappa shape index (κ3) is 9.22. The predicted octanol–water partition coefficient (Wildman–Crippen LogP) is 1.52. The van der Waals surface area contributed by atoms with Gasteiger partial charge in [0.1, 0.15) is 0 Å². The van der Waals surface area contributed by atoms with Crippen molar-refractivity contribution in [1.82, 2.24) is 20.9 Å². The van der Waals surface area contributed by atoms with Crippen LogP contribution in [0.4, 0.5) is 0 Å². The number of carbonyl (C=O) groups is 1. The molecule has 0 aromatic heterocycles. The fourth-order valence-corrected chi connectivity index (χ4v) is 5.74. The smallest absolute Gasteiger partial charge is 0.222 e. The summed E-state index contributed by atoms with van der Waals surface area (Å²) in [6, 6.07) is 10.7. The fourth-order valence-electron chi connectivity index (χ4n) is 4.07. The molecular formula is C22H36IN5O3S. The van der Waals surface area contributed by atoms with Crippen LogP contribution in [0.1, 0.15) is 38.2 Å². The van der Waals surface area contributed by atoms with Gasteiger partial charge in [0.2, 0.25) is 5.91 Å². The Balaban J connectivity index is 0.00000363. The molecule has 1 aromatic rings. The number of hydrogen-bond donors (Lipinski definition) is 3. The van der Waals surface area contributed by atoms with Crippen molar-refractivity contribution in [3.63, 3.8) is 0 Å². The third-order valence-corrected chi connectivity index (χ3v) is 7.50. The number of hydrogen-bond acceptors (Lipinski definition) is 5. The zero-order chi connectivity index (χ0) is 22.1. The van der Waals surface area contributed by atoms with Crippen molar-refractivity contribution in [3.05, 3.63) is 35.9 Å². The second-order valence-corrected chi connectivity index (χ2v) is 10.6. The number of amides is 1. The minimum absolute atomic E-state index is 0. The molecule has 0 radical (unpaired) electrons. The fraction of sp³-hybridized carbons (Fsp3) is 0.636. The molecule has 3 N–H and O–H groups in total. The first-order valence-electron chi connectivity index (χ1n) is 11.2. The molecule has 2 aliphatic rings. The summed E-state index contributed by atoms with van der Waals surface area (Å²) in [7, 11) is -2.99. The molecule has 8 nitrogen and oxygen atoms in total. The van der Waals surface area contributed by atoms with E-state index in [9.17, 15) is 13.2 Å². The third-order valence-electron chi connectivity index (χ3n) is 5.73. The molecule has 2 saturated heterocycles. The molecule has 0 aliphatic carbocycles. The lowest BCUT2D eigenvalue weighted by molar-refractivity contribution is -0.121. The van der Waals surface area contributed by atoms with E-state index < -0.39 is 9.84 Å². The summed E-state index contributed by atoms with van der Waals surface area (Å²) in [5.74, 6) is 0.806. The van der Waals surface area contributed by atoms with E-state index in [4.69, 9.17) is 0 Å². The summed E-state index contributed by atoms with van der Waals surface area (Å²) in [6.07, 6.45) is 2.86. The van der Waals surface area contributed by atoms with E-state index in [2.05, 4.69) is 50.1 Å². The van der Waals surface area contributed by atoms with E-state index in [1.54, 1.807) is 0 Å². The lowest BCUT2D eigenvalue weighted by Crippen LogP contribution is -2.48. The summed E-state index contributed by atoms with van der Waals surface area (Å²) in [6.45, 7) is 6.21. The van der Waals surface area contributed by atoms with Crippen molar-refractivity contribution < 1.29 is 13.2 Å². The molecule has 0 saturated carbocycles. The Morgan fingerprint density at radius 3 is 2.44 bits per heavy atom. The van der Waals surface area contributed by atoms with Gasteiger partial charge in [-0.2, -0.15) is 0 Å². The average Bonchev–Trinajstić information content (AvgIpc) is 3.08. The van der Waals surface area contributed by atoms with Crippen molar-refractivity contribution in [2.75, 3.05) is 37.7 Å². The number of rotatable bonds is 8. The first-order valence-corrected chi connectivity index (χ1v) is 13.1. The monoisotopic (exact) mass is 577 g/mol. The predicted molar refractivity (Wildman–Crippen MR) is 139 cm³/mol. The van der Waals surface area contributed by atoms with E-state index in [1.807, 2.05) is 13.0 Å². The second kappa shape index (κ2) is 13.3. The van der Waals surface area contributed by atoms with Crippen LogP contribution in [0, 0.1) is 0 Å². The van der Waals surface area contributed by atoms with E-state index in [1.165, 1.54) is 5.56 Å². The molecule has 1 atom stereocenters. The molecule has 2 heterocycles. The molecule has 2 fully saturated rings. The number of benzene rings is 1. The normalized spacial score (nSPS) is 21.5. The van der Waals surface area contributed by atoms with Crippen molar-refractivity contribution >= 4 is 45.7 Å². The molecule has 10 heteroatoms. The Kier molecular flexibility index (Phi) is 11.2. The molecule has 180 valence electrons. The largest absolute Gasteiger partial charge is 0.357 e. The van der Waals surface area contributed by atoms with Crippen molar-refractivity contribution in [3.8, 4) is 0 Å². The van der Waals surface area contributed by atoms with E-state index in [0.29, 0.717) is 19.0 Å². The van der Waals surface area contributed by atoms with Gasteiger partial charge in [-0.1, -0.05) is 30.3 Å². The average molecular weight is 578 g/mol. The van der Waals surface area contributed by atoms with E-state index in [0.717, 1.165) is 45.0 Å². The molecule has 0 bridgehead atoms. The standard InChI is InChI=1S/C22H35N5O3S.HI/c1-2-23-22(24-12-8-21(28)25-20-11-15-31(29,30)17-20)26-19-9-13-27(14-10-19)16-18-6-4-3-5-7-18;/h3-7,19-20H,2,8-17H2,1H3,(H,25,28)(H2,23,24,26);1H. The molecule has 0 spiro atoms. The van der Waals surface area contributed by atoms with E-state index >= 15 is 0 Å². The molecule has 1 unspecified atom stereocenters. The van der Waals surface area contributed by atoms with Gasteiger partial charge in [0.15, 0.2) is 15.8 Å². The lowest BCUT2D eigenvalue weighted by atomic mass is 10.0. The Morgan fingerprint density at radius 2 is 1.81 bits per heavy atom. The number of sulfone groups is 1. The summed E-state index contributed by atoms with van der Waals surface area (Å²) in [5.41, 5.74) is 1.34. The highest BCUT2D eigenvalue weighted by Gasteiger charge is 2.28. The number of halogens is 1. The van der Waals surface area contributed by atoms with Crippen molar-refractivity contribution in [1.29, 1.82) is 0 Å². The maximum absolute atomic E-state index is 12.1. The number of carbonyl (C=O) groups excluding carboxylic acids is 1. The first kappa shape index (κ1) is 26.8. The molecule has 32 heavy (non-hydrogen) atoms. The SMILES string of the molecule is CCNC(=NCCC(=O)NC1CCS(=O)(=O)C1)NC1CCN(Cc2ccccc2)CC1.I. The number of aliphatic imine (C=N–C) groups is 1. The highest BCUT2D eigenvalue weighted by atomic mass is 127. The van der Waals surface area contributed by atoms with Crippen LogP contribution < -0.4 is 16.0 Å².